The van der Waals surface area contributed by atoms with Crippen LogP contribution >= 0.6 is 0 Å². The van der Waals surface area contributed by atoms with Gasteiger partial charge in [-0.1, -0.05) is 12.2 Å². The molecule has 6 aromatic rings. The zero-order chi connectivity index (χ0) is 48.2. The van der Waals surface area contributed by atoms with Gasteiger partial charge in [0, 0.05) is 64.5 Å². The zero-order valence-corrected chi connectivity index (χ0v) is 38.8. The van der Waals surface area contributed by atoms with E-state index in [1.807, 2.05) is 46.8 Å². The van der Waals surface area contributed by atoms with E-state index < -0.39 is 29.2 Å². The van der Waals surface area contributed by atoms with E-state index in [1.165, 1.54) is 6.07 Å². The fraction of sp³-hybridized carbons (Fsp3) is 0.422. The van der Waals surface area contributed by atoms with E-state index in [0.29, 0.717) is 97.3 Å². The molecule has 1 saturated heterocycles. The summed E-state index contributed by atoms with van der Waals surface area (Å²) in [4.78, 5) is 82.3. The van der Waals surface area contributed by atoms with E-state index in [9.17, 15) is 24.0 Å². The third-order valence-corrected chi connectivity index (χ3v) is 10.9. The molecule has 1 aliphatic rings. The fourth-order valence-corrected chi connectivity index (χ4v) is 7.76. The molecule has 6 heterocycles. The van der Waals surface area contributed by atoms with Gasteiger partial charge in [-0.15, -0.1) is 0 Å². The monoisotopic (exact) mass is 919 g/mol. The van der Waals surface area contributed by atoms with E-state index >= 15 is 0 Å². The molecule has 1 aromatic carbocycles. The van der Waals surface area contributed by atoms with Crippen LogP contribution < -0.4 is 26.8 Å². The van der Waals surface area contributed by atoms with Gasteiger partial charge >= 0.3 is 6.09 Å². The molecule has 0 unspecified atom stereocenters. The van der Waals surface area contributed by atoms with Gasteiger partial charge < -0.3 is 35.0 Å². The quantitative estimate of drug-likeness (QED) is 0.0742. The lowest BCUT2D eigenvalue weighted by Gasteiger charge is -2.35. The van der Waals surface area contributed by atoms with Gasteiger partial charge in [0.25, 0.3) is 17.7 Å². The van der Waals surface area contributed by atoms with Gasteiger partial charge in [0.15, 0.2) is 5.65 Å². The highest BCUT2D eigenvalue weighted by atomic mass is 16.6. The van der Waals surface area contributed by atoms with E-state index in [2.05, 4.69) is 35.7 Å². The van der Waals surface area contributed by atoms with E-state index in [4.69, 9.17) is 25.9 Å². The number of benzene rings is 1. The van der Waals surface area contributed by atoms with Crippen LogP contribution in [-0.4, -0.2) is 128 Å². The highest BCUT2D eigenvalue weighted by Crippen LogP contribution is 2.32. The molecule has 5 amide bonds. The number of piperazine rings is 1. The summed E-state index contributed by atoms with van der Waals surface area (Å²) in [7, 11) is 0. The van der Waals surface area contributed by atoms with Crippen molar-refractivity contribution in [2.75, 3.05) is 50.0 Å². The number of carbonyl (C=O) groups is 5. The molecule has 5 aromatic heterocycles. The first-order chi connectivity index (χ1) is 31.9. The smallest absolute Gasteiger partial charge is 0.410 e. The summed E-state index contributed by atoms with van der Waals surface area (Å²) >= 11 is 0. The minimum Gasteiger partial charge on any atom is -0.491 e. The molecule has 22 nitrogen and oxygen atoms in total. The first kappa shape index (κ1) is 47.3. The number of anilines is 2. The summed E-state index contributed by atoms with van der Waals surface area (Å²) in [6.07, 6.45) is 3.99. The first-order valence-corrected chi connectivity index (χ1v) is 22.1. The number of nitrogens with two attached hydrogens (primary N) is 2. The molecular formula is C45H57N15O7. The van der Waals surface area contributed by atoms with Gasteiger partial charge in [0.2, 0.25) is 17.8 Å². The van der Waals surface area contributed by atoms with Crippen LogP contribution in [0, 0.1) is 13.8 Å². The van der Waals surface area contributed by atoms with Crippen LogP contribution in [0.5, 0.6) is 5.75 Å². The average molecular weight is 920 g/mol. The third-order valence-electron chi connectivity index (χ3n) is 10.9. The normalized spacial score (nSPS) is 13.4. The molecule has 22 heteroatoms. The van der Waals surface area contributed by atoms with Crippen LogP contribution in [0.2, 0.25) is 0 Å². The number of rotatable bonds is 17. The molecule has 0 atom stereocenters. The van der Waals surface area contributed by atoms with Crippen molar-refractivity contribution in [2.45, 2.75) is 86.7 Å². The molecule has 67 heavy (non-hydrogen) atoms. The highest BCUT2D eigenvalue weighted by Gasteiger charge is 2.27. The number of allylic oxidation sites excluding steroid dienone is 2. The van der Waals surface area contributed by atoms with Crippen molar-refractivity contribution >= 4 is 63.8 Å². The van der Waals surface area contributed by atoms with Gasteiger partial charge in [0.05, 0.1) is 29.0 Å². The molecule has 0 bridgehead atoms. The Bertz CT molecular complexity index is 2870. The minimum absolute atomic E-state index is 0.0135. The maximum absolute atomic E-state index is 13.9. The van der Waals surface area contributed by atoms with Crippen LogP contribution in [0.1, 0.15) is 94.3 Å². The Morgan fingerprint density at radius 3 is 1.93 bits per heavy atom. The summed E-state index contributed by atoms with van der Waals surface area (Å²) < 4.78 is 18.6. The molecule has 354 valence electrons. The van der Waals surface area contributed by atoms with Gasteiger partial charge in [-0.3, -0.25) is 44.1 Å². The lowest BCUT2D eigenvalue weighted by Crippen LogP contribution is -2.50. The number of ether oxygens (including phenoxy) is 2. The number of primary amides is 2. The highest BCUT2D eigenvalue weighted by molar-refractivity contribution is 6.05. The maximum Gasteiger partial charge on any atom is 0.410 e. The molecule has 0 saturated carbocycles. The van der Waals surface area contributed by atoms with Crippen molar-refractivity contribution in [3.8, 4) is 5.75 Å². The summed E-state index contributed by atoms with van der Waals surface area (Å²) in [6, 6.07) is 9.63. The predicted molar refractivity (Wildman–Crippen MR) is 249 cm³/mol. The van der Waals surface area contributed by atoms with Crippen molar-refractivity contribution < 1.29 is 33.4 Å². The Kier molecular flexibility index (Phi) is 14.0. The van der Waals surface area contributed by atoms with Gasteiger partial charge in [-0.2, -0.15) is 15.2 Å². The number of nitrogens with one attached hydrogen (secondary N) is 2. The Morgan fingerprint density at radius 1 is 0.761 bits per heavy atom. The summed E-state index contributed by atoms with van der Waals surface area (Å²) in [5.41, 5.74) is 14.5. The molecule has 1 aliphatic heterocycles. The van der Waals surface area contributed by atoms with Gasteiger partial charge in [-0.25, -0.2) is 14.8 Å². The van der Waals surface area contributed by atoms with Gasteiger partial charge in [-0.05, 0) is 91.3 Å². The lowest BCUT2D eigenvalue weighted by atomic mass is 10.1. The number of hydrogen-bond acceptors (Lipinski definition) is 13. The van der Waals surface area contributed by atoms with Crippen LogP contribution in [0.25, 0.3) is 22.2 Å². The van der Waals surface area contributed by atoms with Crippen LogP contribution in [0.15, 0.2) is 48.6 Å². The zero-order valence-electron chi connectivity index (χ0n) is 38.8. The SMILES string of the molecule is CCn1nc(C)cc1C(=O)Nc1nc2nc(C(N)=O)ccc2n1C/C=C/Cn1c(NC(=O)c2cc(C)nn2CC)nc2cc(C(N)=O)cc(OCCCN3CCN(C(=O)OC(C)(C)C)CC3)c21. The summed E-state index contributed by atoms with van der Waals surface area (Å²) in [5.74, 6) is -1.61. The predicted octanol–water partition coefficient (Wildman–Crippen LogP) is 4.11. The lowest BCUT2D eigenvalue weighted by molar-refractivity contribution is 0.0141. The van der Waals surface area contributed by atoms with Crippen molar-refractivity contribution in [3.63, 3.8) is 0 Å². The molecule has 7 rings (SSSR count). The Labute approximate surface area is 386 Å². The Morgan fingerprint density at radius 2 is 1.36 bits per heavy atom. The van der Waals surface area contributed by atoms with Crippen LogP contribution in [0.3, 0.4) is 0 Å². The number of fused-ring (bicyclic) bond motifs is 2. The van der Waals surface area contributed by atoms with Gasteiger partial charge in [0.1, 0.15) is 33.9 Å². The fourth-order valence-electron chi connectivity index (χ4n) is 7.76. The number of carbonyl (C=O) groups excluding carboxylic acids is 5. The number of aromatic nitrogens is 9. The van der Waals surface area contributed by atoms with E-state index in [-0.39, 0.29) is 54.6 Å². The average Bonchev–Trinajstić information content (AvgIpc) is 4.05. The molecule has 1 fully saturated rings. The van der Waals surface area contributed by atoms with Crippen LogP contribution in [0.4, 0.5) is 16.7 Å². The maximum atomic E-state index is 13.9. The molecule has 0 aliphatic carbocycles. The molecular weight excluding hydrogens is 863 g/mol. The Balaban J connectivity index is 1.17. The van der Waals surface area contributed by atoms with Crippen molar-refractivity contribution in [2.24, 2.45) is 11.5 Å². The summed E-state index contributed by atoms with van der Waals surface area (Å²) in [6.45, 7) is 17.6. The van der Waals surface area contributed by atoms with E-state index in [1.54, 1.807) is 67.6 Å². The number of aryl methyl sites for hydroxylation is 4. The second-order valence-corrected chi connectivity index (χ2v) is 17.1. The molecule has 0 radical (unpaired) electrons. The van der Waals surface area contributed by atoms with Crippen molar-refractivity contribution in [1.29, 1.82) is 0 Å². The minimum atomic E-state index is -0.726. The number of nitrogens with zero attached hydrogens (tertiary/aromatic N) is 11. The first-order valence-electron chi connectivity index (χ1n) is 22.1. The Hall–Kier alpha value is -7.62. The van der Waals surface area contributed by atoms with Crippen molar-refractivity contribution in [3.05, 3.63) is 82.6 Å². The number of imidazole rings is 2. The topological polar surface area (TPSA) is 271 Å². The standard InChI is InChI=1S/C45H57N15O7/c1-8-59-33(23-27(3)53-59)40(63)51-42-49-31-25-29(37(46)61)26-35(66-22-12-15-55-18-20-56(21-19-55)44(65)67-45(5,6)7)36(31)58(42)17-11-10-16-57-32-14-13-30(38(47)62)48-39(32)50-43(57)52-41(64)34-24-28(4)54-60(34)9-2/h10-11,13-14,23-26H,8-9,12,15-22H2,1-7H3,(H2,46,61)(H2,47,62)(H,49,51,63)(H,48,50,52,64)/b11-10+. The second kappa shape index (κ2) is 19.9. The van der Waals surface area contributed by atoms with E-state index in [0.717, 1.165) is 0 Å². The summed E-state index contributed by atoms with van der Waals surface area (Å²) in [5, 5.41) is 14.7. The van der Waals surface area contributed by atoms with Crippen molar-refractivity contribution in [1.82, 2.24) is 53.4 Å². The molecule has 6 N–H and O–H groups in total. The number of hydrogen-bond donors (Lipinski definition) is 4. The van der Waals surface area contributed by atoms with Crippen LogP contribution in [-0.2, 0) is 30.9 Å². The third kappa shape index (κ3) is 10.9. The largest absolute Gasteiger partial charge is 0.491 e. The number of amides is 5. The molecule has 0 spiro atoms. The number of pyridine rings is 1. The second-order valence-electron chi connectivity index (χ2n) is 17.1.